The molecule has 0 aliphatic carbocycles. The van der Waals surface area contributed by atoms with Crippen molar-refractivity contribution in [2.24, 2.45) is 0 Å². The third-order valence-electron chi connectivity index (χ3n) is 5.25. The summed E-state index contributed by atoms with van der Waals surface area (Å²) in [4.78, 5) is 14.5. The second-order valence-electron chi connectivity index (χ2n) is 7.20. The molecule has 2 aromatic carbocycles. The minimum atomic E-state index is -0.00758. The lowest BCUT2D eigenvalue weighted by atomic mass is 10.0. The predicted octanol–water partition coefficient (Wildman–Crippen LogP) is 2.34. The fraction of sp³-hybridized carbons (Fsp3) is 0.333. The molecule has 2 heterocycles. The van der Waals surface area contributed by atoms with Crippen molar-refractivity contribution < 1.29 is 4.79 Å². The number of aromatic nitrogens is 4. The molecular weight excluding hydrogens is 352 g/mol. The van der Waals surface area contributed by atoms with Crippen LogP contribution in [0.4, 0.5) is 0 Å². The zero-order valence-corrected chi connectivity index (χ0v) is 16.2. The second kappa shape index (κ2) is 7.90. The first kappa shape index (κ1) is 18.3. The van der Waals surface area contributed by atoms with Crippen LogP contribution in [0, 0.1) is 13.8 Å². The normalized spacial score (nSPS) is 17.9. The molecule has 1 unspecified atom stereocenters. The van der Waals surface area contributed by atoms with Gasteiger partial charge in [0, 0.05) is 25.6 Å². The SMILES string of the molecule is Cc1cccc(C)c1-n1nnnc1CN1CCNC(=O)CC1c1ccccc1. The Balaban J connectivity index is 1.68. The van der Waals surface area contributed by atoms with Gasteiger partial charge in [-0.3, -0.25) is 9.69 Å². The zero-order chi connectivity index (χ0) is 19.5. The van der Waals surface area contributed by atoms with Crippen LogP contribution in [0.25, 0.3) is 5.69 Å². The molecule has 1 N–H and O–H groups in total. The van der Waals surface area contributed by atoms with Crippen LogP contribution in [-0.2, 0) is 11.3 Å². The number of amides is 1. The van der Waals surface area contributed by atoms with Gasteiger partial charge in [0.05, 0.1) is 12.2 Å². The molecule has 1 atom stereocenters. The molecule has 4 rings (SSSR count). The van der Waals surface area contributed by atoms with Crippen LogP contribution < -0.4 is 5.32 Å². The van der Waals surface area contributed by atoms with E-state index in [9.17, 15) is 4.79 Å². The summed E-state index contributed by atoms with van der Waals surface area (Å²) in [7, 11) is 0. The van der Waals surface area contributed by atoms with E-state index in [4.69, 9.17) is 0 Å². The number of carbonyl (C=O) groups is 1. The molecule has 1 aromatic heterocycles. The van der Waals surface area contributed by atoms with Crippen LogP contribution >= 0.6 is 0 Å². The minimum absolute atomic E-state index is 0.00758. The molecule has 144 valence electrons. The first-order valence-electron chi connectivity index (χ1n) is 9.53. The van der Waals surface area contributed by atoms with E-state index in [1.54, 1.807) is 0 Å². The van der Waals surface area contributed by atoms with Crippen LogP contribution in [0.15, 0.2) is 48.5 Å². The first-order chi connectivity index (χ1) is 13.6. The van der Waals surface area contributed by atoms with Crippen molar-refractivity contribution in [3.63, 3.8) is 0 Å². The summed E-state index contributed by atoms with van der Waals surface area (Å²) in [6.07, 6.45) is 0.426. The van der Waals surface area contributed by atoms with Crippen LogP contribution in [0.3, 0.4) is 0 Å². The van der Waals surface area contributed by atoms with Crippen molar-refractivity contribution in [2.45, 2.75) is 32.9 Å². The average Bonchev–Trinajstić information content (AvgIpc) is 3.05. The maximum atomic E-state index is 12.2. The van der Waals surface area contributed by atoms with Crippen molar-refractivity contribution in [3.05, 3.63) is 71.0 Å². The Morgan fingerprint density at radius 3 is 2.57 bits per heavy atom. The second-order valence-corrected chi connectivity index (χ2v) is 7.20. The molecule has 0 spiro atoms. The highest BCUT2D eigenvalue weighted by Crippen LogP contribution is 2.27. The molecule has 7 nitrogen and oxygen atoms in total. The molecule has 1 aliphatic rings. The van der Waals surface area contributed by atoms with Gasteiger partial charge in [0.2, 0.25) is 5.91 Å². The Labute approximate surface area is 164 Å². The fourth-order valence-electron chi connectivity index (χ4n) is 3.86. The van der Waals surface area contributed by atoms with Gasteiger partial charge in [-0.05, 0) is 41.0 Å². The molecule has 1 fully saturated rings. The molecule has 28 heavy (non-hydrogen) atoms. The standard InChI is InChI=1S/C21H24N6O/c1-15-7-6-8-16(2)21(15)27-19(23-24-25-27)14-26-12-11-22-20(28)13-18(26)17-9-4-3-5-10-17/h3-10,18H,11-14H2,1-2H3,(H,22,28). The third kappa shape index (κ3) is 3.66. The van der Waals surface area contributed by atoms with Crippen molar-refractivity contribution in [2.75, 3.05) is 13.1 Å². The highest BCUT2D eigenvalue weighted by Gasteiger charge is 2.28. The molecule has 3 aromatic rings. The van der Waals surface area contributed by atoms with Crippen molar-refractivity contribution in [1.29, 1.82) is 0 Å². The lowest BCUT2D eigenvalue weighted by Crippen LogP contribution is -2.31. The number of benzene rings is 2. The van der Waals surface area contributed by atoms with Crippen LogP contribution in [-0.4, -0.2) is 44.1 Å². The van der Waals surface area contributed by atoms with Gasteiger partial charge in [0.1, 0.15) is 0 Å². The predicted molar refractivity (Wildman–Crippen MR) is 106 cm³/mol. The fourth-order valence-corrected chi connectivity index (χ4v) is 3.86. The Hall–Kier alpha value is -3.06. The maximum absolute atomic E-state index is 12.2. The van der Waals surface area contributed by atoms with E-state index in [0.717, 1.165) is 34.7 Å². The number of aryl methyl sites for hydroxylation is 2. The van der Waals surface area contributed by atoms with Gasteiger partial charge in [-0.25, -0.2) is 0 Å². The quantitative estimate of drug-likeness (QED) is 0.756. The van der Waals surface area contributed by atoms with Gasteiger partial charge in [0.15, 0.2) is 5.82 Å². The van der Waals surface area contributed by atoms with Crippen molar-refractivity contribution >= 4 is 5.91 Å². The van der Waals surface area contributed by atoms with E-state index < -0.39 is 0 Å². The van der Waals surface area contributed by atoms with Gasteiger partial charge in [0.25, 0.3) is 0 Å². The highest BCUT2D eigenvalue weighted by atomic mass is 16.1. The lowest BCUT2D eigenvalue weighted by molar-refractivity contribution is -0.121. The van der Waals surface area contributed by atoms with Crippen LogP contribution in [0.1, 0.15) is 35.0 Å². The summed E-state index contributed by atoms with van der Waals surface area (Å²) in [6.45, 7) is 6.05. The number of nitrogens with one attached hydrogen (secondary N) is 1. The summed E-state index contributed by atoms with van der Waals surface area (Å²) in [5.41, 5.74) is 4.40. The Bertz CT molecular complexity index is 948. The first-order valence-corrected chi connectivity index (χ1v) is 9.53. The Morgan fingerprint density at radius 2 is 1.82 bits per heavy atom. The molecule has 0 radical (unpaired) electrons. The van der Waals surface area contributed by atoms with Crippen LogP contribution in [0.2, 0.25) is 0 Å². The van der Waals surface area contributed by atoms with Gasteiger partial charge in [-0.15, -0.1) is 5.10 Å². The summed E-state index contributed by atoms with van der Waals surface area (Å²) >= 11 is 0. The van der Waals surface area contributed by atoms with Crippen LogP contribution in [0.5, 0.6) is 0 Å². The number of tetrazole rings is 1. The summed E-state index contributed by atoms with van der Waals surface area (Å²) in [5.74, 6) is 0.846. The van der Waals surface area contributed by atoms with Gasteiger partial charge >= 0.3 is 0 Å². The number of hydrogen-bond donors (Lipinski definition) is 1. The molecule has 1 saturated heterocycles. The summed E-state index contributed by atoms with van der Waals surface area (Å²) in [6, 6.07) is 16.3. The number of nitrogens with zero attached hydrogens (tertiary/aromatic N) is 5. The van der Waals surface area contributed by atoms with E-state index in [1.807, 2.05) is 28.9 Å². The van der Waals surface area contributed by atoms with Crippen molar-refractivity contribution in [3.8, 4) is 5.69 Å². The van der Waals surface area contributed by atoms with Gasteiger partial charge in [-0.1, -0.05) is 48.5 Å². The Morgan fingerprint density at radius 1 is 1.07 bits per heavy atom. The van der Waals surface area contributed by atoms with Crippen molar-refractivity contribution in [1.82, 2.24) is 30.4 Å². The molecule has 7 heteroatoms. The maximum Gasteiger partial charge on any atom is 0.221 e. The van der Waals surface area contributed by atoms with E-state index in [2.05, 4.69) is 63.9 Å². The van der Waals surface area contributed by atoms with Gasteiger partial charge in [-0.2, -0.15) is 4.68 Å². The third-order valence-corrected chi connectivity index (χ3v) is 5.25. The molecule has 1 amide bonds. The molecule has 0 saturated carbocycles. The monoisotopic (exact) mass is 376 g/mol. The molecule has 1 aliphatic heterocycles. The summed E-state index contributed by atoms with van der Waals surface area (Å²) < 4.78 is 1.83. The number of hydrogen-bond acceptors (Lipinski definition) is 5. The minimum Gasteiger partial charge on any atom is -0.355 e. The largest absolute Gasteiger partial charge is 0.355 e. The number of carbonyl (C=O) groups excluding carboxylic acids is 1. The molecular formula is C21H24N6O. The van der Waals surface area contributed by atoms with Gasteiger partial charge < -0.3 is 5.32 Å². The van der Waals surface area contributed by atoms with E-state index in [-0.39, 0.29) is 11.9 Å². The van der Waals surface area contributed by atoms with E-state index in [1.165, 1.54) is 0 Å². The number of para-hydroxylation sites is 1. The smallest absolute Gasteiger partial charge is 0.221 e. The average molecular weight is 376 g/mol. The van der Waals surface area contributed by atoms with E-state index in [0.29, 0.717) is 19.5 Å². The molecule has 0 bridgehead atoms. The topological polar surface area (TPSA) is 75.9 Å². The summed E-state index contributed by atoms with van der Waals surface area (Å²) in [5, 5.41) is 15.5. The number of rotatable bonds is 4. The Kier molecular flexibility index (Phi) is 5.16. The van der Waals surface area contributed by atoms with E-state index >= 15 is 0 Å². The zero-order valence-electron chi connectivity index (χ0n) is 16.2. The highest BCUT2D eigenvalue weighted by molar-refractivity contribution is 5.77. The lowest BCUT2D eigenvalue weighted by Gasteiger charge is -2.28.